The topological polar surface area (TPSA) is 66.8 Å². The van der Waals surface area contributed by atoms with Gasteiger partial charge in [-0.05, 0) is 54.8 Å². The van der Waals surface area contributed by atoms with Crippen molar-refractivity contribution in [1.82, 2.24) is 4.90 Å². The van der Waals surface area contributed by atoms with Gasteiger partial charge < -0.3 is 14.7 Å². The highest BCUT2D eigenvalue weighted by atomic mass is 35.5. The maximum Gasteiger partial charge on any atom is 0.151 e. The number of benzene rings is 2. The van der Waals surface area contributed by atoms with E-state index in [1.165, 1.54) is 6.26 Å². The molecule has 1 N–H and O–H groups in total. The maximum absolute atomic E-state index is 11.4. The van der Waals surface area contributed by atoms with Crippen molar-refractivity contribution in [2.24, 2.45) is 0 Å². The second-order valence-corrected chi connectivity index (χ2v) is 10.8. The number of sulfone groups is 1. The zero-order chi connectivity index (χ0) is 22.9. The Bertz CT molecular complexity index is 920. The van der Waals surface area contributed by atoms with Crippen LogP contribution in [0, 0.1) is 0 Å². The minimum atomic E-state index is -3.07. The predicted octanol–water partition coefficient (Wildman–Crippen LogP) is 4.62. The van der Waals surface area contributed by atoms with E-state index in [9.17, 15) is 13.5 Å². The SMILES string of the molecule is CCCCN(CCc1ccc(Cl)c(Cl)c1)CC(O)COc1ccc(CS(C)(=O)=O)cc1. The van der Waals surface area contributed by atoms with Crippen LogP contribution in [-0.2, 0) is 22.0 Å². The van der Waals surface area contributed by atoms with Gasteiger partial charge in [0.25, 0.3) is 0 Å². The predicted molar refractivity (Wildman–Crippen MR) is 128 cm³/mol. The van der Waals surface area contributed by atoms with Crippen LogP contribution < -0.4 is 4.74 Å². The number of ether oxygens (including phenoxy) is 1. The Morgan fingerprint density at radius 1 is 1.03 bits per heavy atom. The van der Waals surface area contributed by atoms with Crippen molar-refractivity contribution in [2.75, 3.05) is 32.5 Å². The molecule has 2 rings (SSSR count). The molecule has 2 aromatic carbocycles. The molecule has 1 unspecified atom stereocenters. The maximum atomic E-state index is 11.4. The van der Waals surface area contributed by atoms with Crippen molar-refractivity contribution >= 4 is 33.0 Å². The van der Waals surface area contributed by atoms with Crippen LogP contribution in [0.25, 0.3) is 0 Å². The minimum Gasteiger partial charge on any atom is -0.491 e. The third-order valence-electron chi connectivity index (χ3n) is 4.79. The lowest BCUT2D eigenvalue weighted by Crippen LogP contribution is -2.37. The van der Waals surface area contributed by atoms with Gasteiger partial charge in [-0.25, -0.2) is 8.42 Å². The summed E-state index contributed by atoms with van der Waals surface area (Å²) in [5.74, 6) is 0.605. The summed E-state index contributed by atoms with van der Waals surface area (Å²) in [5, 5.41) is 11.6. The van der Waals surface area contributed by atoms with Crippen LogP contribution in [-0.4, -0.2) is 57.0 Å². The quantitative estimate of drug-likeness (QED) is 0.446. The van der Waals surface area contributed by atoms with Gasteiger partial charge in [0.1, 0.15) is 18.5 Å². The van der Waals surface area contributed by atoms with Crippen molar-refractivity contribution in [3.05, 3.63) is 63.6 Å². The third-order valence-corrected chi connectivity index (χ3v) is 6.39. The highest BCUT2D eigenvalue weighted by molar-refractivity contribution is 7.89. The fraction of sp³-hybridized carbons (Fsp3) is 0.478. The Morgan fingerprint density at radius 2 is 1.71 bits per heavy atom. The average Bonchev–Trinajstić information content (AvgIpc) is 2.71. The molecule has 0 aliphatic heterocycles. The Balaban J connectivity index is 1.85. The molecule has 172 valence electrons. The van der Waals surface area contributed by atoms with Gasteiger partial charge >= 0.3 is 0 Å². The van der Waals surface area contributed by atoms with E-state index in [1.54, 1.807) is 30.3 Å². The van der Waals surface area contributed by atoms with Gasteiger partial charge in [-0.15, -0.1) is 0 Å². The molecule has 0 heterocycles. The molecular weight excluding hydrogens is 457 g/mol. The Hall–Kier alpha value is -1.31. The lowest BCUT2D eigenvalue weighted by molar-refractivity contribution is 0.0680. The van der Waals surface area contributed by atoms with Crippen LogP contribution in [0.4, 0.5) is 0 Å². The molecule has 0 saturated heterocycles. The summed E-state index contributed by atoms with van der Waals surface area (Å²) >= 11 is 12.1. The fourth-order valence-corrected chi connectivity index (χ4v) is 4.30. The lowest BCUT2D eigenvalue weighted by atomic mass is 10.1. The van der Waals surface area contributed by atoms with E-state index < -0.39 is 15.9 Å². The molecule has 2 aromatic rings. The van der Waals surface area contributed by atoms with E-state index in [0.717, 1.165) is 37.9 Å². The van der Waals surface area contributed by atoms with E-state index in [1.807, 2.05) is 12.1 Å². The van der Waals surface area contributed by atoms with Gasteiger partial charge in [0.15, 0.2) is 9.84 Å². The van der Waals surface area contributed by atoms with Crippen molar-refractivity contribution in [3.63, 3.8) is 0 Å². The number of aliphatic hydroxyl groups is 1. The first-order chi connectivity index (χ1) is 14.7. The van der Waals surface area contributed by atoms with Crippen LogP contribution in [0.1, 0.15) is 30.9 Å². The Kier molecular flexibility index (Phi) is 10.6. The average molecular weight is 488 g/mol. The first-order valence-electron chi connectivity index (χ1n) is 10.4. The third kappa shape index (κ3) is 10.2. The lowest BCUT2D eigenvalue weighted by Gasteiger charge is -2.25. The van der Waals surface area contributed by atoms with E-state index >= 15 is 0 Å². The molecule has 0 aliphatic carbocycles. The summed E-state index contributed by atoms with van der Waals surface area (Å²) < 4.78 is 28.4. The van der Waals surface area contributed by atoms with E-state index in [-0.39, 0.29) is 12.4 Å². The molecule has 8 heteroatoms. The van der Waals surface area contributed by atoms with Gasteiger partial charge in [0.2, 0.25) is 0 Å². The zero-order valence-electron chi connectivity index (χ0n) is 18.1. The molecule has 0 amide bonds. The van der Waals surface area contributed by atoms with E-state index in [2.05, 4.69) is 11.8 Å². The second kappa shape index (κ2) is 12.7. The summed E-state index contributed by atoms with van der Waals surface area (Å²) in [7, 11) is -3.07. The number of nitrogens with zero attached hydrogens (tertiary/aromatic N) is 1. The van der Waals surface area contributed by atoms with Gasteiger partial charge in [0.05, 0.1) is 15.8 Å². The number of hydrogen-bond acceptors (Lipinski definition) is 5. The molecule has 1 atom stereocenters. The van der Waals surface area contributed by atoms with E-state index in [0.29, 0.717) is 27.9 Å². The van der Waals surface area contributed by atoms with Crippen LogP contribution >= 0.6 is 23.2 Å². The number of halogens is 2. The van der Waals surface area contributed by atoms with Gasteiger partial charge in [-0.1, -0.05) is 54.7 Å². The van der Waals surface area contributed by atoms with Crippen molar-refractivity contribution < 1.29 is 18.3 Å². The molecule has 31 heavy (non-hydrogen) atoms. The molecule has 0 aromatic heterocycles. The van der Waals surface area contributed by atoms with Gasteiger partial charge in [0, 0.05) is 19.3 Å². The normalized spacial score (nSPS) is 12.8. The van der Waals surface area contributed by atoms with Crippen LogP contribution in [0.5, 0.6) is 5.75 Å². The van der Waals surface area contributed by atoms with Crippen LogP contribution in [0.2, 0.25) is 10.0 Å². The summed E-state index contributed by atoms with van der Waals surface area (Å²) in [6.45, 7) is 4.52. The highest BCUT2D eigenvalue weighted by Gasteiger charge is 2.13. The number of hydrogen-bond donors (Lipinski definition) is 1. The molecule has 0 bridgehead atoms. The summed E-state index contributed by atoms with van der Waals surface area (Å²) in [5.41, 5.74) is 1.82. The largest absolute Gasteiger partial charge is 0.491 e. The van der Waals surface area contributed by atoms with Gasteiger partial charge in [-0.3, -0.25) is 0 Å². The van der Waals surface area contributed by atoms with Crippen molar-refractivity contribution in [2.45, 2.75) is 38.0 Å². The zero-order valence-corrected chi connectivity index (χ0v) is 20.4. The summed E-state index contributed by atoms with van der Waals surface area (Å²) in [6, 6.07) is 12.6. The van der Waals surface area contributed by atoms with Gasteiger partial charge in [-0.2, -0.15) is 0 Å². The van der Waals surface area contributed by atoms with Crippen molar-refractivity contribution in [3.8, 4) is 5.75 Å². The standard InChI is InChI=1S/C23H31Cl2NO4S/c1-3-4-12-26(13-11-18-7-10-22(24)23(25)14-18)15-20(27)16-30-21-8-5-19(6-9-21)17-31(2,28)29/h5-10,14,20,27H,3-4,11-13,15-17H2,1-2H3. The monoisotopic (exact) mass is 487 g/mol. The summed E-state index contributed by atoms with van der Waals surface area (Å²) in [6.07, 6.45) is 3.52. The number of rotatable bonds is 13. The smallest absolute Gasteiger partial charge is 0.151 e. The summed E-state index contributed by atoms with van der Waals surface area (Å²) in [4.78, 5) is 2.23. The minimum absolute atomic E-state index is 0.00112. The Labute approximate surface area is 195 Å². The second-order valence-electron chi connectivity index (χ2n) is 7.83. The highest BCUT2D eigenvalue weighted by Crippen LogP contribution is 2.23. The molecular formula is C23H31Cl2NO4S. The first kappa shape index (κ1) is 25.9. The van der Waals surface area contributed by atoms with E-state index in [4.69, 9.17) is 27.9 Å². The number of unbranched alkanes of at least 4 members (excludes halogenated alkanes) is 1. The van der Waals surface area contributed by atoms with Crippen LogP contribution in [0.15, 0.2) is 42.5 Å². The fourth-order valence-electron chi connectivity index (χ4n) is 3.19. The molecule has 0 aliphatic rings. The Morgan fingerprint density at radius 3 is 2.32 bits per heavy atom. The first-order valence-corrected chi connectivity index (χ1v) is 13.2. The molecule has 0 saturated carbocycles. The molecule has 0 radical (unpaired) electrons. The molecule has 5 nitrogen and oxygen atoms in total. The van der Waals surface area contributed by atoms with Crippen LogP contribution in [0.3, 0.4) is 0 Å². The molecule has 0 spiro atoms. The van der Waals surface area contributed by atoms with Crippen molar-refractivity contribution in [1.29, 1.82) is 0 Å². The number of aliphatic hydroxyl groups excluding tert-OH is 1. The molecule has 0 fully saturated rings.